The van der Waals surface area contributed by atoms with Gasteiger partial charge in [-0.15, -0.1) is 10.2 Å². The lowest BCUT2D eigenvalue weighted by Gasteiger charge is -2.04. The van der Waals surface area contributed by atoms with Crippen LogP contribution in [-0.4, -0.2) is 22.2 Å². The standard InChI is InChI=1S/C13H12N4S/c1-8-7-10(12-16-17-13(14-2)18-12)9-5-3-4-6-11(9)15-8/h3-7H,1-2H3,(H,14,17). The van der Waals surface area contributed by atoms with E-state index in [1.165, 1.54) is 0 Å². The Kier molecular flexibility index (Phi) is 2.68. The molecular weight excluding hydrogens is 244 g/mol. The first-order chi connectivity index (χ1) is 8.78. The van der Waals surface area contributed by atoms with E-state index in [1.54, 1.807) is 11.3 Å². The summed E-state index contributed by atoms with van der Waals surface area (Å²) in [6.07, 6.45) is 0. The van der Waals surface area contributed by atoms with Crippen LogP contribution < -0.4 is 5.32 Å². The zero-order chi connectivity index (χ0) is 12.5. The lowest BCUT2D eigenvalue weighted by Crippen LogP contribution is -1.87. The normalized spacial score (nSPS) is 10.8. The van der Waals surface area contributed by atoms with Crippen LogP contribution in [0.2, 0.25) is 0 Å². The quantitative estimate of drug-likeness (QED) is 0.765. The van der Waals surface area contributed by atoms with Crippen LogP contribution in [0.3, 0.4) is 0 Å². The molecule has 0 amide bonds. The van der Waals surface area contributed by atoms with E-state index < -0.39 is 0 Å². The topological polar surface area (TPSA) is 50.7 Å². The Morgan fingerprint density at radius 1 is 1.17 bits per heavy atom. The van der Waals surface area contributed by atoms with Crippen molar-refractivity contribution in [2.24, 2.45) is 0 Å². The maximum Gasteiger partial charge on any atom is 0.205 e. The smallest absolute Gasteiger partial charge is 0.205 e. The van der Waals surface area contributed by atoms with Crippen LogP contribution in [0.4, 0.5) is 5.13 Å². The number of nitrogens with one attached hydrogen (secondary N) is 1. The average molecular weight is 256 g/mol. The molecule has 0 aliphatic rings. The Hall–Kier alpha value is -2.01. The van der Waals surface area contributed by atoms with Crippen molar-refractivity contribution >= 4 is 27.4 Å². The maximum atomic E-state index is 4.53. The summed E-state index contributed by atoms with van der Waals surface area (Å²) in [5.41, 5.74) is 3.08. The molecule has 2 aromatic heterocycles. The van der Waals surface area contributed by atoms with Gasteiger partial charge in [0.2, 0.25) is 5.13 Å². The highest BCUT2D eigenvalue weighted by Gasteiger charge is 2.10. The number of fused-ring (bicyclic) bond motifs is 1. The van der Waals surface area contributed by atoms with Crippen LogP contribution in [0, 0.1) is 6.92 Å². The molecule has 0 unspecified atom stereocenters. The summed E-state index contributed by atoms with van der Waals surface area (Å²) in [4.78, 5) is 4.53. The molecule has 18 heavy (non-hydrogen) atoms. The third kappa shape index (κ3) is 1.82. The highest BCUT2D eigenvalue weighted by molar-refractivity contribution is 7.18. The van der Waals surface area contributed by atoms with Crippen LogP contribution in [0.1, 0.15) is 5.69 Å². The highest BCUT2D eigenvalue weighted by atomic mass is 32.1. The molecule has 2 heterocycles. The van der Waals surface area contributed by atoms with Crippen molar-refractivity contribution in [1.82, 2.24) is 15.2 Å². The molecule has 3 rings (SSSR count). The zero-order valence-electron chi connectivity index (χ0n) is 10.1. The van der Waals surface area contributed by atoms with E-state index in [0.717, 1.165) is 32.3 Å². The molecule has 4 nitrogen and oxygen atoms in total. The minimum atomic E-state index is 0.823. The van der Waals surface area contributed by atoms with Crippen LogP contribution in [0.25, 0.3) is 21.5 Å². The van der Waals surface area contributed by atoms with Crippen molar-refractivity contribution in [3.8, 4) is 10.6 Å². The summed E-state index contributed by atoms with van der Waals surface area (Å²) in [6.45, 7) is 2.00. The van der Waals surface area contributed by atoms with Gasteiger partial charge in [0.25, 0.3) is 0 Å². The number of nitrogens with zero attached hydrogens (tertiary/aromatic N) is 3. The van der Waals surface area contributed by atoms with Gasteiger partial charge in [0.15, 0.2) is 0 Å². The monoisotopic (exact) mass is 256 g/mol. The number of rotatable bonds is 2. The Labute approximate surface area is 109 Å². The van der Waals surface area contributed by atoms with Crippen molar-refractivity contribution in [3.05, 3.63) is 36.0 Å². The molecule has 0 aliphatic heterocycles. The molecule has 0 bridgehead atoms. The molecule has 1 aromatic carbocycles. The second-order valence-corrected chi connectivity index (χ2v) is 4.97. The van der Waals surface area contributed by atoms with Crippen LogP contribution >= 0.6 is 11.3 Å². The third-order valence-electron chi connectivity index (χ3n) is 2.71. The Morgan fingerprint density at radius 2 is 2.00 bits per heavy atom. The second-order valence-electron chi connectivity index (χ2n) is 3.99. The van der Waals surface area contributed by atoms with Gasteiger partial charge in [0.05, 0.1) is 5.52 Å². The predicted octanol–water partition coefficient (Wildman–Crippen LogP) is 3.10. The summed E-state index contributed by atoms with van der Waals surface area (Å²) >= 11 is 1.55. The fourth-order valence-corrected chi connectivity index (χ4v) is 2.65. The lowest BCUT2D eigenvalue weighted by atomic mass is 10.1. The van der Waals surface area contributed by atoms with Gasteiger partial charge in [-0.25, -0.2) is 0 Å². The van der Waals surface area contributed by atoms with E-state index in [4.69, 9.17) is 0 Å². The van der Waals surface area contributed by atoms with Gasteiger partial charge in [-0.1, -0.05) is 29.5 Å². The van der Waals surface area contributed by atoms with Gasteiger partial charge in [-0.05, 0) is 19.1 Å². The predicted molar refractivity (Wildman–Crippen MR) is 74.9 cm³/mol. The number of anilines is 1. The van der Waals surface area contributed by atoms with Gasteiger partial charge in [-0.3, -0.25) is 4.98 Å². The molecule has 0 saturated heterocycles. The number of hydrogen-bond acceptors (Lipinski definition) is 5. The Balaban J connectivity index is 2.27. The fraction of sp³-hybridized carbons (Fsp3) is 0.154. The van der Waals surface area contributed by atoms with E-state index in [2.05, 4.69) is 32.6 Å². The molecule has 0 aliphatic carbocycles. The van der Waals surface area contributed by atoms with Gasteiger partial charge in [-0.2, -0.15) is 0 Å². The summed E-state index contributed by atoms with van der Waals surface area (Å²) in [7, 11) is 1.85. The van der Waals surface area contributed by atoms with Crippen LogP contribution in [0.15, 0.2) is 30.3 Å². The van der Waals surface area contributed by atoms with Gasteiger partial charge >= 0.3 is 0 Å². The van der Waals surface area contributed by atoms with E-state index in [9.17, 15) is 0 Å². The lowest BCUT2D eigenvalue weighted by molar-refractivity contribution is 1.09. The zero-order valence-corrected chi connectivity index (χ0v) is 11.0. The van der Waals surface area contributed by atoms with E-state index in [0.29, 0.717) is 0 Å². The number of benzene rings is 1. The molecule has 0 fully saturated rings. The number of pyridine rings is 1. The van der Waals surface area contributed by atoms with Crippen molar-refractivity contribution in [2.45, 2.75) is 6.92 Å². The molecule has 1 N–H and O–H groups in total. The molecule has 0 radical (unpaired) electrons. The molecule has 0 atom stereocenters. The summed E-state index contributed by atoms with van der Waals surface area (Å²) in [6, 6.07) is 10.2. The minimum absolute atomic E-state index is 0.823. The Bertz CT molecular complexity index is 705. The van der Waals surface area contributed by atoms with Crippen LogP contribution in [-0.2, 0) is 0 Å². The largest absolute Gasteiger partial charge is 0.363 e. The first kappa shape index (κ1) is 11.1. The number of para-hydroxylation sites is 1. The average Bonchev–Trinajstić information content (AvgIpc) is 2.86. The summed E-state index contributed by atoms with van der Waals surface area (Å²) < 4.78 is 0. The number of hydrogen-bond donors (Lipinski definition) is 1. The molecule has 3 aromatic rings. The summed E-state index contributed by atoms with van der Waals surface area (Å²) in [5.74, 6) is 0. The molecule has 90 valence electrons. The van der Waals surface area contributed by atoms with Gasteiger partial charge < -0.3 is 5.32 Å². The SMILES string of the molecule is CNc1nnc(-c2cc(C)nc3ccccc23)s1. The third-order valence-corrected chi connectivity index (χ3v) is 3.69. The minimum Gasteiger partial charge on any atom is -0.363 e. The molecule has 0 saturated carbocycles. The fourth-order valence-electron chi connectivity index (χ4n) is 1.92. The molecular formula is C13H12N4S. The summed E-state index contributed by atoms with van der Waals surface area (Å²) in [5, 5.41) is 14.2. The first-order valence-corrected chi connectivity index (χ1v) is 6.47. The van der Waals surface area contributed by atoms with Crippen molar-refractivity contribution in [1.29, 1.82) is 0 Å². The van der Waals surface area contributed by atoms with E-state index >= 15 is 0 Å². The molecule has 0 spiro atoms. The van der Waals surface area contributed by atoms with E-state index in [1.807, 2.05) is 32.2 Å². The van der Waals surface area contributed by atoms with Crippen molar-refractivity contribution in [3.63, 3.8) is 0 Å². The van der Waals surface area contributed by atoms with E-state index in [-0.39, 0.29) is 0 Å². The first-order valence-electron chi connectivity index (χ1n) is 5.66. The Morgan fingerprint density at radius 3 is 2.78 bits per heavy atom. The van der Waals surface area contributed by atoms with Crippen LogP contribution in [0.5, 0.6) is 0 Å². The highest BCUT2D eigenvalue weighted by Crippen LogP contribution is 2.31. The van der Waals surface area contributed by atoms with Crippen molar-refractivity contribution in [2.75, 3.05) is 12.4 Å². The maximum absolute atomic E-state index is 4.53. The van der Waals surface area contributed by atoms with Gasteiger partial charge in [0, 0.05) is 23.7 Å². The number of aromatic nitrogens is 3. The second kappa shape index (κ2) is 4.34. The van der Waals surface area contributed by atoms with Gasteiger partial charge in [0.1, 0.15) is 5.01 Å². The molecule has 5 heteroatoms. The number of aryl methyl sites for hydroxylation is 1. The van der Waals surface area contributed by atoms with Crippen molar-refractivity contribution < 1.29 is 0 Å².